The molecule has 1 heterocycles. The van der Waals surface area contributed by atoms with E-state index in [1.807, 2.05) is 0 Å². The first-order valence-corrected chi connectivity index (χ1v) is 18.9. The van der Waals surface area contributed by atoms with E-state index in [0.29, 0.717) is 16.5 Å². The van der Waals surface area contributed by atoms with Crippen molar-refractivity contribution in [2.24, 2.45) is 5.92 Å². The van der Waals surface area contributed by atoms with Gasteiger partial charge in [-0.05, 0) is 71.1 Å². The second-order valence-electron chi connectivity index (χ2n) is 14.8. The number of imide groups is 1. The van der Waals surface area contributed by atoms with Crippen molar-refractivity contribution in [3.63, 3.8) is 0 Å². The summed E-state index contributed by atoms with van der Waals surface area (Å²) in [6.45, 7) is 16.0. The Morgan fingerprint density at radius 2 is 1.57 bits per heavy atom. The van der Waals surface area contributed by atoms with Crippen LogP contribution in [0.2, 0.25) is 0 Å². The van der Waals surface area contributed by atoms with Gasteiger partial charge < -0.3 is 35.8 Å². The van der Waals surface area contributed by atoms with Crippen molar-refractivity contribution in [2.45, 2.75) is 135 Å². The highest BCUT2D eigenvalue weighted by atomic mass is 32.2. The molecule has 296 valence electrons. The summed E-state index contributed by atoms with van der Waals surface area (Å²) < 4.78 is 10.6. The number of benzene rings is 1. The SMILES string of the molecule is CCC(CC)SC1CC(=O)N(CCC(=O)NC(C)(C)COC(C)(C)CC(=O)NC(C(=O)NC(C)C(=O)Nc2ccc(COC(=O)O)cc2)C(C)C)C1=O. The molecule has 53 heavy (non-hydrogen) atoms. The Hall–Kier alpha value is -4.18. The Morgan fingerprint density at radius 1 is 0.943 bits per heavy atom. The monoisotopic (exact) mass is 763 g/mol. The van der Waals surface area contributed by atoms with Crippen LogP contribution in [0.4, 0.5) is 10.5 Å². The average Bonchev–Trinajstić information content (AvgIpc) is 3.33. The van der Waals surface area contributed by atoms with Gasteiger partial charge in [-0.15, -0.1) is 11.8 Å². The molecule has 0 radical (unpaired) electrons. The van der Waals surface area contributed by atoms with E-state index in [2.05, 4.69) is 39.9 Å². The first-order chi connectivity index (χ1) is 24.7. The fourth-order valence-corrected chi connectivity index (χ4v) is 6.75. The van der Waals surface area contributed by atoms with E-state index < -0.39 is 52.4 Å². The highest BCUT2D eigenvalue weighted by molar-refractivity contribution is 8.01. The van der Waals surface area contributed by atoms with Crippen LogP contribution in [-0.4, -0.2) is 98.5 Å². The van der Waals surface area contributed by atoms with E-state index in [-0.39, 0.29) is 62.7 Å². The zero-order valence-electron chi connectivity index (χ0n) is 32.3. The number of ether oxygens (including phenoxy) is 2. The van der Waals surface area contributed by atoms with Crippen molar-refractivity contribution in [2.75, 3.05) is 18.5 Å². The Morgan fingerprint density at radius 3 is 2.13 bits per heavy atom. The van der Waals surface area contributed by atoms with Gasteiger partial charge in [0.2, 0.25) is 35.4 Å². The standard InChI is InChI=1S/C37H57N5O10S/c1-10-26(11-2)53-27-18-30(45)42(34(27)48)17-16-28(43)41-36(6,7)21-52-37(8,9)19-29(44)40-31(22(3)4)33(47)38-23(5)32(46)39-25-14-12-24(13-15-25)20-51-35(49)50/h12-15,22-23,26-27,31H,10-11,16-21H2,1-9H3,(H,38,47)(H,39,46)(H,40,44)(H,41,43)(H,49,50). The van der Waals surface area contributed by atoms with E-state index in [0.717, 1.165) is 12.8 Å². The van der Waals surface area contributed by atoms with Gasteiger partial charge in [-0.2, -0.15) is 0 Å². The van der Waals surface area contributed by atoms with Gasteiger partial charge in [0, 0.05) is 30.3 Å². The third-order valence-electron chi connectivity index (χ3n) is 8.52. The molecule has 0 spiro atoms. The zero-order chi connectivity index (χ0) is 40.1. The Labute approximate surface area is 316 Å². The van der Waals surface area contributed by atoms with Crippen molar-refractivity contribution in [3.05, 3.63) is 29.8 Å². The van der Waals surface area contributed by atoms with E-state index in [1.54, 1.807) is 65.8 Å². The first kappa shape index (κ1) is 45.0. The molecule has 15 nitrogen and oxygen atoms in total. The topological polar surface area (TPSA) is 210 Å². The molecule has 1 aliphatic heterocycles. The maximum Gasteiger partial charge on any atom is 0.506 e. The van der Waals surface area contributed by atoms with Crippen molar-refractivity contribution in [1.82, 2.24) is 20.9 Å². The minimum Gasteiger partial charge on any atom is -0.450 e. The minimum atomic E-state index is -1.40. The molecular formula is C37H57N5O10S. The number of carbonyl (C=O) groups is 7. The van der Waals surface area contributed by atoms with Gasteiger partial charge in [0.05, 0.1) is 29.4 Å². The van der Waals surface area contributed by atoms with E-state index in [1.165, 1.54) is 23.6 Å². The normalized spacial score (nSPS) is 16.0. The van der Waals surface area contributed by atoms with Gasteiger partial charge in [-0.3, -0.25) is 33.7 Å². The number of amides is 6. The summed E-state index contributed by atoms with van der Waals surface area (Å²) in [5.74, 6) is -2.66. The van der Waals surface area contributed by atoms with E-state index in [4.69, 9.17) is 9.84 Å². The van der Waals surface area contributed by atoms with Crippen LogP contribution in [0.1, 0.15) is 100.0 Å². The number of rotatable bonds is 21. The van der Waals surface area contributed by atoms with Gasteiger partial charge in [-0.1, -0.05) is 39.8 Å². The molecule has 6 amide bonds. The zero-order valence-corrected chi connectivity index (χ0v) is 33.1. The third-order valence-corrected chi connectivity index (χ3v) is 10.3. The predicted molar refractivity (Wildman–Crippen MR) is 201 cm³/mol. The van der Waals surface area contributed by atoms with Gasteiger partial charge in [0.15, 0.2) is 0 Å². The van der Waals surface area contributed by atoms with E-state index >= 15 is 0 Å². The number of likely N-dealkylation sites (tertiary alicyclic amines) is 1. The Kier molecular flexibility index (Phi) is 17.2. The predicted octanol–water partition coefficient (Wildman–Crippen LogP) is 3.98. The molecule has 5 N–H and O–H groups in total. The van der Waals surface area contributed by atoms with Crippen LogP contribution in [-0.2, 0) is 44.8 Å². The second-order valence-corrected chi connectivity index (χ2v) is 16.3. The molecule has 1 saturated heterocycles. The molecule has 1 aliphatic rings. The van der Waals surface area contributed by atoms with Crippen LogP contribution in [0.5, 0.6) is 0 Å². The highest BCUT2D eigenvalue weighted by Crippen LogP contribution is 2.31. The molecule has 0 saturated carbocycles. The molecule has 3 unspecified atom stereocenters. The van der Waals surface area contributed by atoms with E-state index in [9.17, 15) is 33.6 Å². The molecule has 1 aromatic rings. The van der Waals surface area contributed by atoms with Crippen molar-refractivity contribution >= 4 is 59.0 Å². The number of thioether (sulfide) groups is 1. The second kappa shape index (κ2) is 20.3. The number of nitrogens with one attached hydrogen (secondary N) is 4. The minimum absolute atomic E-state index is 0.00167. The molecule has 2 rings (SSSR count). The summed E-state index contributed by atoms with van der Waals surface area (Å²) in [6.07, 6.45) is 0.421. The van der Waals surface area contributed by atoms with Gasteiger partial charge in [-0.25, -0.2) is 4.79 Å². The lowest BCUT2D eigenvalue weighted by Crippen LogP contribution is -2.54. The highest BCUT2D eigenvalue weighted by Gasteiger charge is 2.40. The summed E-state index contributed by atoms with van der Waals surface area (Å²) in [5, 5.41) is 19.5. The van der Waals surface area contributed by atoms with Gasteiger partial charge in [0.1, 0.15) is 18.7 Å². The number of anilines is 1. The molecule has 16 heteroatoms. The molecule has 1 fully saturated rings. The summed E-state index contributed by atoms with van der Waals surface area (Å²) in [4.78, 5) is 89.0. The molecule has 0 aromatic heterocycles. The Bertz CT molecular complexity index is 1460. The van der Waals surface area contributed by atoms with Crippen molar-refractivity contribution in [3.8, 4) is 0 Å². The summed E-state index contributed by atoms with van der Waals surface area (Å²) in [7, 11) is 0. The lowest BCUT2D eigenvalue weighted by molar-refractivity contribution is -0.139. The Balaban J connectivity index is 1.84. The van der Waals surface area contributed by atoms with Gasteiger partial charge >= 0.3 is 6.16 Å². The summed E-state index contributed by atoms with van der Waals surface area (Å²) in [5.41, 5.74) is -0.799. The summed E-state index contributed by atoms with van der Waals surface area (Å²) in [6, 6.07) is 4.47. The lowest BCUT2D eigenvalue weighted by Gasteiger charge is -2.33. The average molecular weight is 764 g/mol. The number of carboxylic acid groups (broad SMARTS) is 1. The van der Waals surface area contributed by atoms with Crippen LogP contribution in [0.3, 0.4) is 0 Å². The largest absolute Gasteiger partial charge is 0.506 e. The molecule has 1 aromatic carbocycles. The number of carbonyl (C=O) groups excluding carboxylic acids is 6. The maximum atomic E-state index is 13.2. The number of hydrogen-bond donors (Lipinski definition) is 5. The van der Waals surface area contributed by atoms with Crippen LogP contribution in [0.25, 0.3) is 0 Å². The van der Waals surface area contributed by atoms with Crippen molar-refractivity contribution in [1.29, 1.82) is 0 Å². The van der Waals surface area contributed by atoms with Gasteiger partial charge in [0.25, 0.3) is 0 Å². The third kappa shape index (κ3) is 15.4. The number of hydrogen-bond acceptors (Lipinski definition) is 10. The van der Waals surface area contributed by atoms with Crippen LogP contribution in [0.15, 0.2) is 24.3 Å². The summed E-state index contributed by atoms with van der Waals surface area (Å²) >= 11 is 1.53. The molecule has 0 bridgehead atoms. The van der Waals surface area contributed by atoms with Crippen LogP contribution < -0.4 is 21.3 Å². The molecule has 3 atom stereocenters. The van der Waals surface area contributed by atoms with Crippen LogP contribution >= 0.6 is 11.8 Å². The fourth-order valence-electron chi connectivity index (χ4n) is 5.42. The maximum absolute atomic E-state index is 13.2. The molecular weight excluding hydrogens is 706 g/mol. The van der Waals surface area contributed by atoms with Crippen LogP contribution in [0, 0.1) is 5.92 Å². The smallest absolute Gasteiger partial charge is 0.450 e. The first-order valence-electron chi connectivity index (χ1n) is 18.0. The van der Waals surface area contributed by atoms with Crippen molar-refractivity contribution < 1.29 is 48.1 Å². The number of nitrogens with zero attached hydrogens (tertiary/aromatic N) is 1. The molecule has 0 aliphatic carbocycles. The quantitative estimate of drug-likeness (QED) is 0.0893. The lowest BCUT2D eigenvalue weighted by atomic mass is 9.99. The fraction of sp³-hybridized carbons (Fsp3) is 0.649.